The molecule has 0 heterocycles. The number of hydrogen-bond donors (Lipinski definition) is 0. The molecular formula is C10H20O3. The van der Waals surface area contributed by atoms with Crippen LogP contribution in [0.2, 0.25) is 0 Å². The van der Waals surface area contributed by atoms with Crippen LogP contribution >= 0.6 is 0 Å². The standard InChI is InChI=1S/C10H20O3/c1-4-11-5-6-12-7-8-13-9-10(2)3/h9H,4-8H2,1-3H3. The molecule has 0 N–H and O–H groups in total. The van der Waals surface area contributed by atoms with Crippen LogP contribution < -0.4 is 0 Å². The third-order valence-corrected chi connectivity index (χ3v) is 1.24. The van der Waals surface area contributed by atoms with E-state index in [1.165, 1.54) is 0 Å². The molecule has 0 radical (unpaired) electrons. The maximum atomic E-state index is 5.24. The zero-order valence-corrected chi connectivity index (χ0v) is 8.84. The smallest absolute Gasteiger partial charge is 0.111 e. The molecule has 0 bridgehead atoms. The van der Waals surface area contributed by atoms with E-state index in [1.807, 2.05) is 20.8 Å². The van der Waals surface area contributed by atoms with Crippen LogP contribution in [0.25, 0.3) is 0 Å². The zero-order valence-electron chi connectivity index (χ0n) is 8.84. The lowest BCUT2D eigenvalue weighted by molar-refractivity contribution is 0.0340. The Bertz CT molecular complexity index is 128. The van der Waals surface area contributed by atoms with Crippen molar-refractivity contribution < 1.29 is 14.2 Å². The van der Waals surface area contributed by atoms with Crippen molar-refractivity contribution in [2.24, 2.45) is 0 Å². The van der Waals surface area contributed by atoms with Gasteiger partial charge in [0.15, 0.2) is 0 Å². The first-order valence-corrected chi connectivity index (χ1v) is 4.67. The van der Waals surface area contributed by atoms with Gasteiger partial charge in [-0.1, -0.05) is 0 Å². The highest BCUT2D eigenvalue weighted by Crippen LogP contribution is 1.89. The third kappa shape index (κ3) is 11.5. The lowest BCUT2D eigenvalue weighted by atomic mass is 10.4. The molecule has 3 nitrogen and oxygen atoms in total. The van der Waals surface area contributed by atoms with Crippen molar-refractivity contribution in [1.82, 2.24) is 0 Å². The van der Waals surface area contributed by atoms with Crippen molar-refractivity contribution in [2.75, 3.05) is 33.0 Å². The molecular weight excluding hydrogens is 168 g/mol. The molecule has 0 unspecified atom stereocenters. The Balaban J connectivity index is 2.96. The summed E-state index contributed by atoms with van der Waals surface area (Å²) in [7, 11) is 0. The second-order valence-electron chi connectivity index (χ2n) is 2.88. The van der Waals surface area contributed by atoms with Crippen molar-refractivity contribution in [3.05, 3.63) is 11.8 Å². The van der Waals surface area contributed by atoms with Gasteiger partial charge in [-0.2, -0.15) is 0 Å². The largest absolute Gasteiger partial charge is 0.499 e. The second-order valence-corrected chi connectivity index (χ2v) is 2.88. The van der Waals surface area contributed by atoms with Gasteiger partial charge in [0.1, 0.15) is 6.61 Å². The second kappa shape index (κ2) is 9.55. The minimum Gasteiger partial charge on any atom is -0.499 e. The van der Waals surface area contributed by atoms with Gasteiger partial charge >= 0.3 is 0 Å². The van der Waals surface area contributed by atoms with Gasteiger partial charge in [-0.3, -0.25) is 0 Å². The van der Waals surface area contributed by atoms with Gasteiger partial charge < -0.3 is 14.2 Å². The summed E-state index contributed by atoms with van der Waals surface area (Å²) in [4.78, 5) is 0. The Labute approximate surface area is 80.7 Å². The van der Waals surface area contributed by atoms with E-state index in [-0.39, 0.29) is 0 Å². The first-order chi connectivity index (χ1) is 6.27. The Kier molecular flexibility index (Phi) is 9.15. The van der Waals surface area contributed by atoms with E-state index >= 15 is 0 Å². The summed E-state index contributed by atoms with van der Waals surface area (Å²) >= 11 is 0. The van der Waals surface area contributed by atoms with Gasteiger partial charge in [0.25, 0.3) is 0 Å². The SMILES string of the molecule is CCOCCOCCOC=C(C)C. The molecule has 0 aromatic carbocycles. The molecule has 0 aliphatic rings. The molecule has 0 fully saturated rings. The lowest BCUT2D eigenvalue weighted by Gasteiger charge is -2.04. The van der Waals surface area contributed by atoms with Crippen molar-refractivity contribution in [1.29, 1.82) is 0 Å². The fourth-order valence-electron chi connectivity index (χ4n) is 0.697. The molecule has 0 saturated heterocycles. The predicted molar refractivity (Wildman–Crippen MR) is 52.7 cm³/mol. The third-order valence-electron chi connectivity index (χ3n) is 1.24. The van der Waals surface area contributed by atoms with Crippen LogP contribution in [0.5, 0.6) is 0 Å². The summed E-state index contributed by atoms with van der Waals surface area (Å²) in [6, 6.07) is 0. The summed E-state index contributed by atoms with van der Waals surface area (Å²) in [5.74, 6) is 0. The molecule has 0 rings (SSSR count). The highest BCUT2D eigenvalue weighted by Gasteiger charge is 1.87. The molecule has 0 aliphatic heterocycles. The molecule has 3 heteroatoms. The summed E-state index contributed by atoms with van der Waals surface area (Å²) in [5, 5.41) is 0. The minimum absolute atomic E-state index is 0.608. The summed E-state index contributed by atoms with van der Waals surface area (Å²) in [6.45, 7) is 9.25. The first kappa shape index (κ1) is 12.5. The Morgan fingerprint density at radius 1 is 1.00 bits per heavy atom. The Morgan fingerprint density at radius 2 is 1.62 bits per heavy atom. The van der Waals surface area contributed by atoms with Gasteiger partial charge in [0.2, 0.25) is 0 Å². The van der Waals surface area contributed by atoms with Crippen molar-refractivity contribution in [3.8, 4) is 0 Å². The first-order valence-electron chi connectivity index (χ1n) is 4.67. The van der Waals surface area contributed by atoms with E-state index in [0.717, 1.165) is 12.2 Å². The maximum Gasteiger partial charge on any atom is 0.111 e. The van der Waals surface area contributed by atoms with Gasteiger partial charge in [0, 0.05) is 6.61 Å². The van der Waals surface area contributed by atoms with Gasteiger partial charge in [0.05, 0.1) is 26.1 Å². The van der Waals surface area contributed by atoms with Crippen LogP contribution in [-0.2, 0) is 14.2 Å². The highest BCUT2D eigenvalue weighted by atomic mass is 16.5. The molecule has 0 aliphatic carbocycles. The summed E-state index contributed by atoms with van der Waals surface area (Å²) in [6.07, 6.45) is 1.74. The maximum absolute atomic E-state index is 5.24. The molecule has 0 aromatic rings. The number of allylic oxidation sites excluding steroid dienone is 1. The monoisotopic (exact) mass is 188 g/mol. The fourth-order valence-corrected chi connectivity index (χ4v) is 0.697. The van der Waals surface area contributed by atoms with Crippen LogP contribution in [-0.4, -0.2) is 33.0 Å². The molecule has 0 aromatic heterocycles. The molecule has 0 spiro atoms. The van der Waals surface area contributed by atoms with Crippen LogP contribution in [0.1, 0.15) is 20.8 Å². The van der Waals surface area contributed by atoms with E-state index in [1.54, 1.807) is 6.26 Å². The summed E-state index contributed by atoms with van der Waals surface area (Å²) < 4.78 is 15.5. The topological polar surface area (TPSA) is 27.7 Å². The van der Waals surface area contributed by atoms with Crippen LogP contribution in [0.3, 0.4) is 0 Å². The fraction of sp³-hybridized carbons (Fsp3) is 0.800. The van der Waals surface area contributed by atoms with Crippen LogP contribution in [0, 0.1) is 0 Å². The van der Waals surface area contributed by atoms with Gasteiger partial charge in [-0.05, 0) is 26.3 Å². The highest BCUT2D eigenvalue weighted by molar-refractivity contribution is 4.86. The van der Waals surface area contributed by atoms with Gasteiger partial charge in [-0.15, -0.1) is 0 Å². The van der Waals surface area contributed by atoms with Crippen molar-refractivity contribution in [3.63, 3.8) is 0 Å². The van der Waals surface area contributed by atoms with Crippen molar-refractivity contribution >= 4 is 0 Å². The molecule has 13 heavy (non-hydrogen) atoms. The van der Waals surface area contributed by atoms with E-state index in [4.69, 9.17) is 14.2 Å². The number of hydrogen-bond acceptors (Lipinski definition) is 3. The quantitative estimate of drug-likeness (QED) is 0.430. The number of rotatable bonds is 8. The average Bonchev–Trinajstić information content (AvgIpc) is 2.09. The van der Waals surface area contributed by atoms with Gasteiger partial charge in [-0.25, -0.2) is 0 Å². The van der Waals surface area contributed by atoms with E-state index in [0.29, 0.717) is 26.4 Å². The lowest BCUT2D eigenvalue weighted by Crippen LogP contribution is -2.07. The van der Waals surface area contributed by atoms with Crippen LogP contribution in [0.4, 0.5) is 0 Å². The Hall–Kier alpha value is -0.540. The molecule has 0 atom stereocenters. The van der Waals surface area contributed by atoms with E-state index in [2.05, 4.69) is 0 Å². The number of ether oxygens (including phenoxy) is 3. The molecule has 0 amide bonds. The zero-order chi connectivity index (χ0) is 9.94. The normalized spacial score (nSPS) is 9.77. The van der Waals surface area contributed by atoms with E-state index < -0.39 is 0 Å². The molecule has 0 saturated carbocycles. The van der Waals surface area contributed by atoms with E-state index in [9.17, 15) is 0 Å². The Morgan fingerprint density at radius 3 is 2.23 bits per heavy atom. The summed E-state index contributed by atoms with van der Waals surface area (Å²) in [5.41, 5.74) is 1.16. The average molecular weight is 188 g/mol. The van der Waals surface area contributed by atoms with Crippen LogP contribution in [0.15, 0.2) is 11.8 Å². The molecule has 78 valence electrons. The minimum atomic E-state index is 0.608. The van der Waals surface area contributed by atoms with Crippen molar-refractivity contribution in [2.45, 2.75) is 20.8 Å². The predicted octanol–water partition coefficient (Wildman–Crippen LogP) is 1.98.